The van der Waals surface area contributed by atoms with E-state index in [1.165, 1.54) is 11.3 Å². The summed E-state index contributed by atoms with van der Waals surface area (Å²) in [7, 11) is 0. The van der Waals surface area contributed by atoms with Gasteiger partial charge in [-0.1, -0.05) is 0 Å². The Morgan fingerprint density at radius 3 is 2.78 bits per heavy atom. The van der Waals surface area contributed by atoms with E-state index in [0.29, 0.717) is 6.42 Å². The summed E-state index contributed by atoms with van der Waals surface area (Å²) in [6.07, 6.45) is 2.15. The van der Waals surface area contributed by atoms with Gasteiger partial charge in [0.15, 0.2) is 3.95 Å². The normalized spacial score (nSPS) is 18.6. The van der Waals surface area contributed by atoms with Crippen molar-refractivity contribution in [3.8, 4) is 0 Å². The van der Waals surface area contributed by atoms with Crippen molar-refractivity contribution in [1.82, 2.24) is 10.3 Å². The van der Waals surface area contributed by atoms with Crippen molar-refractivity contribution in [1.29, 1.82) is 0 Å². The Morgan fingerprint density at radius 1 is 1.56 bits per heavy atom. The maximum atomic E-state index is 12.1. The largest absolute Gasteiger partial charge is 0.381 e. The molecule has 6 heteroatoms. The second-order valence-electron chi connectivity index (χ2n) is 4.96. The van der Waals surface area contributed by atoms with Crippen molar-refractivity contribution >= 4 is 29.5 Å². The van der Waals surface area contributed by atoms with Crippen LogP contribution in [-0.4, -0.2) is 29.6 Å². The molecule has 1 aromatic heterocycles. The number of nitrogens with one attached hydrogen (secondary N) is 2. The number of aryl methyl sites for hydroxylation is 1. The smallest absolute Gasteiger partial charge is 0.225 e. The molecule has 100 valence electrons. The highest BCUT2D eigenvalue weighted by Crippen LogP contribution is 2.21. The molecule has 0 aliphatic carbocycles. The molecule has 0 atom stereocenters. The van der Waals surface area contributed by atoms with Crippen LogP contribution in [0.2, 0.25) is 0 Å². The number of hydrogen-bond acceptors (Lipinski definition) is 4. The van der Waals surface area contributed by atoms with Gasteiger partial charge < -0.3 is 15.0 Å². The van der Waals surface area contributed by atoms with Crippen LogP contribution in [0, 0.1) is 10.9 Å². The molecule has 1 aliphatic rings. The molecule has 0 aromatic carbocycles. The zero-order valence-electron chi connectivity index (χ0n) is 10.7. The van der Waals surface area contributed by atoms with Gasteiger partial charge in [0.2, 0.25) is 5.91 Å². The lowest BCUT2D eigenvalue weighted by molar-refractivity contribution is -0.123. The first-order valence-electron chi connectivity index (χ1n) is 6.06. The number of carbonyl (C=O) groups is 1. The van der Waals surface area contributed by atoms with E-state index in [-0.39, 0.29) is 11.4 Å². The molecule has 4 nitrogen and oxygen atoms in total. The van der Waals surface area contributed by atoms with Gasteiger partial charge in [-0.15, -0.1) is 11.3 Å². The van der Waals surface area contributed by atoms with Crippen LogP contribution in [0.25, 0.3) is 0 Å². The van der Waals surface area contributed by atoms with Crippen LogP contribution in [0.15, 0.2) is 0 Å². The molecule has 1 saturated heterocycles. The van der Waals surface area contributed by atoms with Gasteiger partial charge in [0, 0.05) is 29.3 Å². The number of rotatable bonds is 3. The predicted molar refractivity (Wildman–Crippen MR) is 74.5 cm³/mol. The van der Waals surface area contributed by atoms with Crippen LogP contribution in [-0.2, 0) is 16.0 Å². The van der Waals surface area contributed by atoms with Crippen molar-refractivity contribution in [3.05, 3.63) is 14.5 Å². The Labute approximate surface area is 116 Å². The standard InChI is InChI=1S/C12H18N2O2S2/c1-8-9(18-11(17)13-8)7-10(15)14-12(2)3-5-16-6-4-12/h3-7H2,1-2H3,(H,13,17)(H,14,15). The monoisotopic (exact) mass is 286 g/mol. The van der Waals surface area contributed by atoms with Gasteiger partial charge >= 0.3 is 0 Å². The minimum Gasteiger partial charge on any atom is -0.381 e. The second kappa shape index (κ2) is 5.50. The summed E-state index contributed by atoms with van der Waals surface area (Å²) >= 11 is 6.55. The molecule has 1 amide bonds. The minimum absolute atomic E-state index is 0.0627. The quantitative estimate of drug-likeness (QED) is 0.839. The van der Waals surface area contributed by atoms with Gasteiger partial charge in [0.25, 0.3) is 0 Å². The first-order chi connectivity index (χ1) is 8.48. The third kappa shape index (κ3) is 3.40. The third-order valence-corrected chi connectivity index (χ3v) is 4.62. The molecular weight excluding hydrogens is 268 g/mol. The van der Waals surface area contributed by atoms with Crippen LogP contribution in [0.5, 0.6) is 0 Å². The summed E-state index contributed by atoms with van der Waals surface area (Å²) in [4.78, 5) is 16.1. The van der Waals surface area contributed by atoms with Crippen LogP contribution in [0.4, 0.5) is 0 Å². The van der Waals surface area contributed by atoms with Gasteiger partial charge in [0.05, 0.1) is 6.42 Å². The van der Waals surface area contributed by atoms with Gasteiger partial charge in [-0.25, -0.2) is 0 Å². The molecule has 0 radical (unpaired) electrons. The highest BCUT2D eigenvalue weighted by Gasteiger charge is 2.29. The van der Waals surface area contributed by atoms with E-state index in [2.05, 4.69) is 17.2 Å². The first kappa shape index (κ1) is 13.7. The third-order valence-electron chi connectivity index (χ3n) is 3.28. The van der Waals surface area contributed by atoms with Crippen LogP contribution in [0.3, 0.4) is 0 Å². The van der Waals surface area contributed by atoms with E-state index < -0.39 is 0 Å². The molecule has 1 aromatic rings. The fourth-order valence-electron chi connectivity index (χ4n) is 2.08. The summed E-state index contributed by atoms with van der Waals surface area (Å²) < 4.78 is 6.05. The van der Waals surface area contributed by atoms with Gasteiger partial charge in [-0.2, -0.15) is 0 Å². The molecule has 2 heterocycles. The van der Waals surface area contributed by atoms with Crippen molar-refractivity contribution in [2.75, 3.05) is 13.2 Å². The summed E-state index contributed by atoms with van der Waals surface area (Å²) in [5, 5.41) is 3.12. The van der Waals surface area contributed by atoms with E-state index in [1.54, 1.807) is 0 Å². The number of carbonyl (C=O) groups excluding carboxylic acids is 1. The predicted octanol–water partition coefficient (Wildman–Crippen LogP) is 2.34. The second-order valence-corrected chi connectivity index (χ2v) is 6.73. The number of hydrogen-bond donors (Lipinski definition) is 2. The molecule has 1 aliphatic heterocycles. The fourth-order valence-corrected chi connectivity index (χ4v) is 3.37. The Bertz CT molecular complexity index is 487. The molecule has 0 saturated carbocycles. The summed E-state index contributed by atoms with van der Waals surface area (Å²) in [6, 6.07) is 0. The van der Waals surface area contributed by atoms with E-state index in [4.69, 9.17) is 17.0 Å². The van der Waals surface area contributed by atoms with E-state index in [9.17, 15) is 4.79 Å². The lowest BCUT2D eigenvalue weighted by Crippen LogP contribution is -2.50. The highest BCUT2D eigenvalue weighted by molar-refractivity contribution is 7.73. The lowest BCUT2D eigenvalue weighted by Gasteiger charge is -2.34. The van der Waals surface area contributed by atoms with Crippen LogP contribution < -0.4 is 5.32 Å². The number of thiazole rings is 1. The van der Waals surface area contributed by atoms with Gasteiger partial charge in [-0.3, -0.25) is 4.79 Å². The van der Waals surface area contributed by atoms with E-state index in [1.807, 2.05) is 6.92 Å². The van der Waals surface area contributed by atoms with Crippen molar-refractivity contribution < 1.29 is 9.53 Å². The fraction of sp³-hybridized carbons (Fsp3) is 0.667. The maximum Gasteiger partial charge on any atom is 0.225 e. The van der Waals surface area contributed by atoms with Crippen LogP contribution >= 0.6 is 23.6 Å². The summed E-state index contributed by atoms with van der Waals surface area (Å²) in [5.41, 5.74) is 0.873. The number of aromatic amines is 1. The van der Waals surface area contributed by atoms with Gasteiger partial charge in [0.1, 0.15) is 0 Å². The minimum atomic E-state index is -0.124. The topological polar surface area (TPSA) is 54.1 Å². The number of aromatic nitrogens is 1. The number of ether oxygens (including phenoxy) is 1. The average Bonchev–Trinajstić information content (AvgIpc) is 2.57. The Morgan fingerprint density at radius 2 is 2.22 bits per heavy atom. The number of H-pyrrole nitrogens is 1. The summed E-state index contributed by atoms with van der Waals surface area (Å²) in [5.74, 6) is 0.0627. The molecule has 2 N–H and O–H groups in total. The molecular formula is C12H18N2O2S2. The molecule has 0 unspecified atom stereocenters. The Kier molecular flexibility index (Phi) is 4.19. The Hall–Kier alpha value is -0.720. The first-order valence-corrected chi connectivity index (χ1v) is 7.28. The average molecular weight is 286 g/mol. The lowest BCUT2D eigenvalue weighted by atomic mass is 9.92. The Balaban J connectivity index is 1.96. The van der Waals surface area contributed by atoms with E-state index in [0.717, 1.165) is 40.6 Å². The zero-order valence-corrected chi connectivity index (χ0v) is 12.3. The summed E-state index contributed by atoms with van der Waals surface area (Å²) in [6.45, 7) is 5.47. The van der Waals surface area contributed by atoms with Crippen molar-refractivity contribution in [2.45, 2.75) is 38.6 Å². The van der Waals surface area contributed by atoms with Crippen molar-refractivity contribution in [3.63, 3.8) is 0 Å². The SMILES string of the molecule is Cc1[nH]c(=S)sc1CC(=O)NC1(C)CCOCC1. The van der Waals surface area contributed by atoms with Gasteiger partial charge in [-0.05, 0) is 38.9 Å². The molecule has 2 rings (SSSR count). The van der Waals surface area contributed by atoms with E-state index >= 15 is 0 Å². The van der Waals surface area contributed by atoms with Crippen molar-refractivity contribution in [2.24, 2.45) is 0 Å². The number of amides is 1. The maximum absolute atomic E-state index is 12.1. The molecule has 18 heavy (non-hydrogen) atoms. The van der Waals surface area contributed by atoms with Crippen LogP contribution in [0.1, 0.15) is 30.3 Å². The molecule has 0 spiro atoms. The molecule has 0 bridgehead atoms. The highest BCUT2D eigenvalue weighted by atomic mass is 32.1. The molecule has 1 fully saturated rings. The zero-order chi connectivity index (χ0) is 13.2.